The number of nitrogens with zero attached hydrogens (tertiary/aromatic N) is 3. The second-order valence-electron chi connectivity index (χ2n) is 6.07. The standard InChI is InChI=1S/C16H24N4S/c1-4-8-20-10-12(9-17-20)15(18-11(2)3)16-19-13-6-5-7-14(13)21-16/h9-11,15,18H,4-8H2,1-3H3. The molecular weight excluding hydrogens is 280 g/mol. The predicted molar refractivity (Wildman–Crippen MR) is 86.8 cm³/mol. The fourth-order valence-corrected chi connectivity index (χ4v) is 4.10. The van der Waals surface area contributed by atoms with Crippen LogP contribution in [0.3, 0.4) is 0 Å². The molecule has 0 aliphatic heterocycles. The Balaban J connectivity index is 1.88. The fourth-order valence-electron chi connectivity index (χ4n) is 2.86. The van der Waals surface area contributed by atoms with Crippen molar-refractivity contribution in [3.63, 3.8) is 0 Å². The van der Waals surface area contributed by atoms with Crippen LogP contribution in [0.1, 0.15) is 60.8 Å². The summed E-state index contributed by atoms with van der Waals surface area (Å²) in [4.78, 5) is 6.38. The highest BCUT2D eigenvalue weighted by molar-refractivity contribution is 7.11. The van der Waals surface area contributed by atoms with Crippen molar-refractivity contribution in [3.05, 3.63) is 33.5 Å². The van der Waals surface area contributed by atoms with Gasteiger partial charge in [0, 0.05) is 29.2 Å². The summed E-state index contributed by atoms with van der Waals surface area (Å²) in [7, 11) is 0. The number of aryl methyl sites for hydroxylation is 3. The van der Waals surface area contributed by atoms with Gasteiger partial charge in [-0.1, -0.05) is 6.92 Å². The quantitative estimate of drug-likeness (QED) is 0.890. The molecule has 1 aliphatic rings. The largest absolute Gasteiger partial charge is 0.302 e. The van der Waals surface area contributed by atoms with E-state index in [1.807, 2.05) is 22.2 Å². The Labute approximate surface area is 130 Å². The second-order valence-corrected chi connectivity index (χ2v) is 7.18. The van der Waals surface area contributed by atoms with Gasteiger partial charge in [0.1, 0.15) is 5.01 Å². The van der Waals surface area contributed by atoms with E-state index in [-0.39, 0.29) is 6.04 Å². The van der Waals surface area contributed by atoms with Crippen LogP contribution in [0.25, 0.3) is 0 Å². The third kappa shape index (κ3) is 3.19. The minimum absolute atomic E-state index is 0.172. The predicted octanol–water partition coefficient (Wildman–Crippen LogP) is 3.33. The number of hydrogen-bond acceptors (Lipinski definition) is 4. The Morgan fingerprint density at radius 2 is 2.24 bits per heavy atom. The molecule has 5 heteroatoms. The molecule has 0 bridgehead atoms. The van der Waals surface area contributed by atoms with Crippen LogP contribution in [0.2, 0.25) is 0 Å². The molecule has 21 heavy (non-hydrogen) atoms. The van der Waals surface area contributed by atoms with Crippen molar-refractivity contribution < 1.29 is 0 Å². The van der Waals surface area contributed by atoms with Gasteiger partial charge in [-0.3, -0.25) is 4.68 Å². The molecule has 1 unspecified atom stereocenters. The van der Waals surface area contributed by atoms with E-state index < -0.39 is 0 Å². The van der Waals surface area contributed by atoms with E-state index >= 15 is 0 Å². The molecule has 3 rings (SSSR count). The van der Waals surface area contributed by atoms with E-state index in [0.717, 1.165) is 19.4 Å². The molecule has 0 fully saturated rings. The Morgan fingerprint density at radius 3 is 2.95 bits per heavy atom. The lowest BCUT2D eigenvalue weighted by molar-refractivity contribution is 0.525. The summed E-state index contributed by atoms with van der Waals surface area (Å²) in [6, 6.07) is 0.592. The number of hydrogen-bond donors (Lipinski definition) is 1. The maximum Gasteiger partial charge on any atom is 0.115 e. The van der Waals surface area contributed by atoms with Gasteiger partial charge in [0.15, 0.2) is 0 Å². The summed E-state index contributed by atoms with van der Waals surface area (Å²) in [6.07, 6.45) is 8.88. The van der Waals surface area contributed by atoms with Crippen LogP contribution in [0.15, 0.2) is 12.4 Å². The molecule has 0 saturated heterocycles. The van der Waals surface area contributed by atoms with Gasteiger partial charge in [-0.05, 0) is 39.5 Å². The van der Waals surface area contributed by atoms with Crippen molar-refractivity contribution in [2.75, 3.05) is 0 Å². The van der Waals surface area contributed by atoms with Crippen molar-refractivity contribution in [2.45, 2.75) is 65.1 Å². The molecular formula is C16H24N4S. The average molecular weight is 304 g/mol. The Hall–Kier alpha value is -1.20. The van der Waals surface area contributed by atoms with E-state index in [1.165, 1.54) is 34.0 Å². The molecule has 0 aromatic carbocycles. The third-order valence-electron chi connectivity index (χ3n) is 3.80. The Morgan fingerprint density at radius 1 is 1.38 bits per heavy atom. The summed E-state index contributed by atoms with van der Waals surface area (Å²) in [6.45, 7) is 7.52. The maximum atomic E-state index is 4.89. The molecule has 4 nitrogen and oxygen atoms in total. The van der Waals surface area contributed by atoms with Gasteiger partial charge in [0.05, 0.1) is 17.9 Å². The SMILES string of the molecule is CCCn1cc(C(NC(C)C)c2nc3c(s2)CCC3)cn1. The first-order valence-electron chi connectivity index (χ1n) is 7.94. The van der Waals surface area contributed by atoms with E-state index in [0.29, 0.717) is 6.04 Å². The third-order valence-corrected chi connectivity index (χ3v) is 5.02. The van der Waals surface area contributed by atoms with E-state index in [9.17, 15) is 0 Å². The summed E-state index contributed by atoms with van der Waals surface area (Å²) < 4.78 is 2.03. The van der Waals surface area contributed by atoms with Crippen LogP contribution >= 0.6 is 11.3 Å². The van der Waals surface area contributed by atoms with Crippen LogP contribution in [-0.2, 0) is 19.4 Å². The molecule has 1 atom stereocenters. The highest BCUT2D eigenvalue weighted by atomic mass is 32.1. The highest BCUT2D eigenvalue weighted by Crippen LogP contribution is 2.33. The van der Waals surface area contributed by atoms with Crippen molar-refractivity contribution in [1.29, 1.82) is 0 Å². The number of fused-ring (bicyclic) bond motifs is 1. The zero-order valence-corrected chi connectivity index (χ0v) is 13.9. The second kappa shape index (κ2) is 6.28. The van der Waals surface area contributed by atoms with Crippen LogP contribution < -0.4 is 5.32 Å². The van der Waals surface area contributed by atoms with Crippen LogP contribution in [0, 0.1) is 0 Å². The lowest BCUT2D eigenvalue weighted by Crippen LogP contribution is -2.28. The molecule has 0 radical (unpaired) electrons. The first-order valence-corrected chi connectivity index (χ1v) is 8.76. The molecule has 0 saturated carbocycles. The van der Waals surface area contributed by atoms with Crippen LogP contribution in [-0.4, -0.2) is 20.8 Å². The molecule has 1 aliphatic carbocycles. The van der Waals surface area contributed by atoms with Crippen molar-refractivity contribution in [1.82, 2.24) is 20.1 Å². The lowest BCUT2D eigenvalue weighted by Gasteiger charge is -2.18. The minimum Gasteiger partial charge on any atom is -0.302 e. The molecule has 114 valence electrons. The van der Waals surface area contributed by atoms with Gasteiger partial charge in [-0.15, -0.1) is 11.3 Å². The number of aromatic nitrogens is 3. The topological polar surface area (TPSA) is 42.7 Å². The summed E-state index contributed by atoms with van der Waals surface area (Å²) in [5, 5.41) is 9.33. The number of nitrogens with one attached hydrogen (secondary N) is 1. The first kappa shape index (κ1) is 14.7. The Kier molecular flexibility index (Phi) is 4.40. The highest BCUT2D eigenvalue weighted by Gasteiger charge is 2.24. The monoisotopic (exact) mass is 304 g/mol. The van der Waals surface area contributed by atoms with E-state index in [4.69, 9.17) is 4.98 Å². The lowest BCUT2D eigenvalue weighted by atomic mass is 10.1. The smallest absolute Gasteiger partial charge is 0.115 e. The van der Waals surface area contributed by atoms with Gasteiger partial charge >= 0.3 is 0 Å². The van der Waals surface area contributed by atoms with Crippen LogP contribution in [0.4, 0.5) is 0 Å². The van der Waals surface area contributed by atoms with Crippen molar-refractivity contribution >= 4 is 11.3 Å². The molecule has 0 amide bonds. The maximum absolute atomic E-state index is 4.89. The zero-order chi connectivity index (χ0) is 14.8. The molecule has 1 N–H and O–H groups in total. The van der Waals surface area contributed by atoms with Crippen molar-refractivity contribution in [2.24, 2.45) is 0 Å². The molecule has 2 aromatic rings. The number of thiazole rings is 1. The van der Waals surface area contributed by atoms with E-state index in [2.05, 4.69) is 37.4 Å². The molecule has 2 heterocycles. The molecule has 2 aromatic heterocycles. The number of rotatable bonds is 6. The summed E-state index contributed by atoms with van der Waals surface area (Å²) in [5.41, 5.74) is 2.55. The summed E-state index contributed by atoms with van der Waals surface area (Å²) >= 11 is 1.88. The fraction of sp³-hybridized carbons (Fsp3) is 0.625. The Bertz CT molecular complexity index is 578. The molecule has 0 spiro atoms. The summed E-state index contributed by atoms with van der Waals surface area (Å²) in [5.74, 6) is 0. The normalized spacial score (nSPS) is 15.6. The first-order chi connectivity index (χ1) is 10.2. The van der Waals surface area contributed by atoms with Gasteiger partial charge < -0.3 is 5.32 Å². The van der Waals surface area contributed by atoms with E-state index in [1.54, 1.807) is 0 Å². The average Bonchev–Trinajstić information content (AvgIpc) is 3.10. The van der Waals surface area contributed by atoms with Gasteiger partial charge in [0.25, 0.3) is 0 Å². The minimum atomic E-state index is 0.172. The van der Waals surface area contributed by atoms with Gasteiger partial charge in [-0.25, -0.2) is 4.98 Å². The van der Waals surface area contributed by atoms with Crippen molar-refractivity contribution in [3.8, 4) is 0 Å². The van der Waals surface area contributed by atoms with Crippen LogP contribution in [0.5, 0.6) is 0 Å². The zero-order valence-electron chi connectivity index (χ0n) is 13.1. The van der Waals surface area contributed by atoms with Gasteiger partial charge in [0.2, 0.25) is 0 Å². The van der Waals surface area contributed by atoms with Gasteiger partial charge in [-0.2, -0.15) is 5.10 Å².